The van der Waals surface area contributed by atoms with E-state index in [1.54, 1.807) is 30.4 Å². The Labute approximate surface area is 186 Å². The molecule has 0 spiro atoms. The zero-order valence-corrected chi connectivity index (χ0v) is 18.9. The lowest BCUT2D eigenvalue weighted by Crippen LogP contribution is -2.30. The topological polar surface area (TPSA) is 65.7 Å². The number of nitrogens with zero attached hydrogens (tertiary/aromatic N) is 3. The van der Waals surface area contributed by atoms with Gasteiger partial charge in [-0.05, 0) is 49.6 Å². The lowest BCUT2D eigenvalue weighted by atomic mass is 9.96. The normalized spacial score (nSPS) is 15.1. The zero-order chi connectivity index (χ0) is 21.8. The quantitative estimate of drug-likeness (QED) is 0.572. The molecule has 1 aromatic carbocycles. The molecule has 1 fully saturated rings. The van der Waals surface area contributed by atoms with Crippen molar-refractivity contribution in [3.63, 3.8) is 0 Å². The number of benzene rings is 1. The standard InChI is InChI=1S/C24H27N3O3S/c1-16-12-13-27(21(14-16)25-17-8-5-4-6-9-17)24(28)19-15-31-23(26-19)18-10-7-11-20(29-2)22(18)30-3/h7,10-15,17H,4-6,8-9H2,1-3H3. The van der Waals surface area contributed by atoms with E-state index in [1.807, 2.05) is 37.3 Å². The molecule has 31 heavy (non-hydrogen) atoms. The van der Waals surface area contributed by atoms with Crippen LogP contribution < -0.4 is 15.0 Å². The molecule has 1 aliphatic rings. The summed E-state index contributed by atoms with van der Waals surface area (Å²) >= 11 is 1.41. The molecule has 0 amide bonds. The summed E-state index contributed by atoms with van der Waals surface area (Å²) in [4.78, 5) is 22.9. The van der Waals surface area contributed by atoms with E-state index in [0.29, 0.717) is 27.7 Å². The lowest BCUT2D eigenvalue weighted by molar-refractivity contribution is 0.0950. The number of aromatic nitrogens is 2. The molecular weight excluding hydrogens is 410 g/mol. The van der Waals surface area contributed by atoms with Crippen molar-refractivity contribution < 1.29 is 14.3 Å². The number of aryl methyl sites for hydroxylation is 1. The number of thiazole rings is 1. The summed E-state index contributed by atoms with van der Waals surface area (Å²) < 4.78 is 12.5. The third-order valence-electron chi connectivity index (χ3n) is 5.56. The Morgan fingerprint density at radius 3 is 2.71 bits per heavy atom. The minimum atomic E-state index is -0.182. The Morgan fingerprint density at radius 2 is 1.97 bits per heavy atom. The van der Waals surface area contributed by atoms with Crippen molar-refractivity contribution in [2.45, 2.75) is 45.1 Å². The van der Waals surface area contributed by atoms with Crippen LogP contribution in [0.2, 0.25) is 0 Å². The molecule has 0 unspecified atom stereocenters. The van der Waals surface area contributed by atoms with Crippen LogP contribution in [0.1, 0.15) is 48.2 Å². The van der Waals surface area contributed by atoms with Gasteiger partial charge >= 0.3 is 0 Å². The SMILES string of the molecule is COc1cccc(-c2nc(C(=O)n3ccc(C)cc3=NC3CCCCC3)cs2)c1OC. The average molecular weight is 438 g/mol. The molecule has 4 rings (SSSR count). The monoisotopic (exact) mass is 437 g/mol. The third-order valence-corrected chi connectivity index (χ3v) is 6.43. The molecule has 0 radical (unpaired) electrons. The lowest BCUT2D eigenvalue weighted by Gasteiger charge is -2.17. The van der Waals surface area contributed by atoms with Gasteiger partial charge in [0.05, 0.1) is 25.8 Å². The molecule has 6 nitrogen and oxygen atoms in total. The highest BCUT2D eigenvalue weighted by Gasteiger charge is 2.19. The van der Waals surface area contributed by atoms with Crippen LogP contribution in [0.4, 0.5) is 0 Å². The predicted octanol–water partition coefficient (Wildman–Crippen LogP) is 4.86. The van der Waals surface area contributed by atoms with Gasteiger partial charge in [-0.3, -0.25) is 14.4 Å². The highest BCUT2D eigenvalue weighted by molar-refractivity contribution is 7.13. The minimum absolute atomic E-state index is 0.182. The number of para-hydroxylation sites is 1. The van der Waals surface area contributed by atoms with Crippen molar-refractivity contribution in [3.8, 4) is 22.1 Å². The molecular formula is C24H27N3O3S. The number of carbonyl (C=O) groups is 1. The number of ether oxygens (including phenoxy) is 2. The first kappa shape index (κ1) is 21.3. The minimum Gasteiger partial charge on any atom is -0.493 e. The van der Waals surface area contributed by atoms with Gasteiger partial charge in [-0.1, -0.05) is 25.3 Å². The second kappa shape index (κ2) is 9.47. The van der Waals surface area contributed by atoms with Gasteiger partial charge in [0, 0.05) is 11.6 Å². The molecule has 0 atom stereocenters. The van der Waals surface area contributed by atoms with Crippen molar-refractivity contribution in [2.24, 2.45) is 4.99 Å². The van der Waals surface area contributed by atoms with Crippen molar-refractivity contribution in [1.82, 2.24) is 9.55 Å². The van der Waals surface area contributed by atoms with E-state index < -0.39 is 0 Å². The van der Waals surface area contributed by atoms with Crippen LogP contribution in [0, 0.1) is 6.92 Å². The molecule has 7 heteroatoms. The molecule has 1 saturated carbocycles. The summed E-state index contributed by atoms with van der Waals surface area (Å²) in [6.07, 6.45) is 7.63. The van der Waals surface area contributed by atoms with E-state index in [9.17, 15) is 4.79 Å². The fourth-order valence-electron chi connectivity index (χ4n) is 3.93. The number of carbonyl (C=O) groups excluding carboxylic acids is 1. The maximum atomic E-state index is 13.3. The largest absolute Gasteiger partial charge is 0.493 e. The highest BCUT2D eigenvalue weighted by Crippen LogP contribution is 2.39. The average Bonchev–Trinajstić information content (AvgIpc) is 3.29. The predicted molar refractivity (Wildman–Crippen MR) is 122 cm³/mol. The zero-order valence-electron chi connectivity index (χ0n) is 18.1. The summed E-state index contributed by atoms with van der Waals surface area (Å²) in [6.45, 7) is 2.02. The van der Waals surface area contributed by atoms with Crippen molar-refractivity contribution >= 4 is 17.2 Å². The van der Waals surface area contributed by atoms with Crippen LogP contribution in [-0.4, -0.2) is 35.7 Å². The van der Waals surface area contributed by atoms with Crippen molar-refractivity contribution in [3.05, 3.63) is 58.7 Å². The van der Waals surface area contributed by atoms with Gasteiger partial charge in [0.1, 0.15) is 16.2 Å². The van der Waals surface area contributed by atoms with Gasteiger partial charge in [-0.25, -0.2) is 4.98 Å². The second-order valence-electron chi connectivity index (χ2n) is 7.74. The smallest absolute Gasteiger partial charge is 0.283 e. The molecule has 2 aromatic heterocycles. The van der Waals surface area contributed by atoms with E-state index in [-0.39, 0.29) is 11.9 Å². The highest BCUT2D eigenvalue weighted by atomic mass is 32.1. The molecule has 162 valence electrons. The van der Waals surface area contributed by atoms with Gasteiger partial charge in [0.2, 0.25) is 0 Å². The summed E-state index contributed by atoms with van der Waals surface area (Å²) in [5.74, 6) is 1.05. The van der Waals surface area contributed by atoms with Crippen LogP contribution in [0.25, 0.3) is 10.6 Å². The maximum Gasteiger partial charge on any atom is 0.283 e. The van der Waals surface area contributed by atoms with Gasteiger partial charge in [0.25, 0.3) is 5.91 Å². The van der Waals surface area contributed by atoms with E-state index in [0.717, 1.165) is 24.0 Å². The molecule has 0 saturated heterocycles. The Balaban J connectivity index is 1.70. The maximum absolute atomic E-state index is 13.3. The van der Waals surface area contributed by atoms with Crippen LogP contribution in [0.5, 0.6) is 11.5 Å². The fourth-order valence-corrected chi connectivity index (χ4v) is 4.75. The summed E-state index contributed by atoms with van der Waals surface area (Å²) in [5.41, 5.74) is 2.97. The molecule has 3 aromatic rings. The molecule has 0 bridgehead atoms. The van der Waals surface area contributed by atoms with Gasteiger partial charge in [-0.15, -0.1) is 11.3 Å². The molecule has 0 aliphatic heterocycles. The van der Waals surface area contributed by atoms with E-state index in [2.05, 4.69) is 4.98 Å². The Hall–Kier alpha value is -2.93. The van der Waals surface area contributed by atoms with E-state index in [4.69, 9.17) is 14.5 Å². The van der Waals surface area contributed by atoms with Gasteiger partial charge < -0.3 is 9.47 Å². The summed E-state index contributed by atoms with van der Waals surface area (Å²) in [7, 11) is 3.20. The molecule has 1 aliphatic carbocycles. The van der Waals surface area contributed by atoms with E-state index in [1.165, 1.54) is 30.6 Å². The van der Waals surface area contributed by atoms with Gasteiger partial charge in [0.15, 0.2) is 11.5 Å². The second-order valence-corrected chi connectivity index (χ2v) is 8.60. The third kappa shape index (κ3) is 4.56. The number of hydrogen-bond donors (Lipinski definition) is 0. The summed E-state index contributed by atoms with van der Waals surface area (Å²) in [6, 6.07) is 9.82. The number of pyridine rings is 1. The number of methoxy groups -OCH3 is 2. The first-order valence-corrected chi connectivity index (χ1v) is 11.4. The van der Waals surface area contributed by atoms with Gasteiger partial charge in [-0.2, -0.15) is 0 Å². The fraction of sp³-hybridized carbons (Fsp3) is 0.375. The van der Waals surface area contributed by atoms with Crippen molar-refractivity contribution in [1.29, 1.82) is 0 Å². The van der Waals surface area contributed by atoms with Crippen LogP contribution in [0.3, 0.4) is 0 Å². The first-order chi connectivity index (χ1) is 15.1. The van der Waals surface area contributed by atoms with Crippen LogP contribution in [-0.2, 0) is 0 Å². The Morgan fingerprint density at radius 1 is 1.16 bits per heavy atom. The van der Waals surface area contributed by atoms with Crippen LogP contribution in [0.15, 0.2) is 46.9 Å². The van der Waals surface area contributed by atoms with Crippen molar-refractivity contribution in [2.75, 3.05) is 14.2 Å². The Kier molecular flexibility index (Phi) is 6.51. The number of hydrogen-bond acceptors (Lipinski definition) is 6. The molecule has 2 heterocycles. The number of rotatable bonds is 5. The first-order valence-electron chi connectivity index (χ1n) is 10.6. The van der Waals surface area contributed by atoms with Crippen LogP contribution >= 0.6 is 11.3 Å². The summed E-state index contributed by atoms with van der Waals surface area (Å²) in [5, 5.41) is 2.49. The van der Waals surface area contributed by atoms with E-state index >= 15 is 0 Å². The Bertz CT molecular complexity index is 1140. The molecule has 0 N–H and O–H groups in total.